The van der Waals surface area contributed by atoms with Crippen molar-refractivity contribution in [2.75, 3.05) is 0 Å². The van der Waals surface area contributed by atoms with Crippen molar-refractivity contribution in [3.05, 3.63) is 12.2 Å². The molecule has 0 N–H and O–H groups in total. The Morgan fingerprint density at radius 1 is 0.944 bits per heavy atom. The highest BCUT2D eigenvalue weighted by molar-refractivity contribution is 6.80. The van der Waals surface area contributed by atoms with Crippen LogP contribution in [0.4, 0.5) is 0 Å². The van der Waals surface area contributed by atoms with Gasteiger partial charge in [-0.3, -0.25) is 0 Å². The first-order valence-electron chi connectivity index (χ1n) is 8.23. The normalized spacial score (nSPS) is 53.6. The first-order valence-corrected chi connectivity index (χ1v) is 11.7. The lowest BCUT2D eigenvalue weighted by Crippen LogP contribution is -2.37. The summed E-state index contributed by atoms with van der Waals surface area (Å²) in [6.07, 6.45) is 16.0. The van der Waals surface area contributed by atoms with Gasteiger partial charge in [-0.2, -0.15) is 0 Å². The molecular weight excluding hydrogens is 232 g/mol. The monoisotopic (exact) mass is 260 g/mol. The summed E-state index contributed by atoms with van der Waals surface area (Å²) >= 11 is 0. The van der Waals surface area contributed by atoms with Crippen molar-refractivity contribution in [2.24, 2.45) is 23.2 Å². The molecule has 4 aliphatic rings. The van der Waals surface area contributed by atoms with Gasteiger partial charge in [-0.1, -0.05) is 57.5 Å². The Hall–Kier alpha value is -0.0431. The fourth-order valence-corrected chi connectivity index (χ4v) is 11.8. The van der Waals surface area contributed by atoms with Crippen molar-refractivity contribution in [3.8, 4) is 0 Å². The average Bonchev–Trinajstić information content (AvgIpc) is 2.59. The summed E-state index contributed by atoms with van der Waals surface area (Å²) in [5.74, 6) is 3.09. The smallest absolute Gasteiger partial charge is 0.0524 e. The van der Waals surface area contributed by atoms with Crippen molar-refractivity contribution >= 4 is 8.07 Å². The molecule has 0 aliphatic heterocycles. The lowest BCUT2D eigenvalue weighted by molar-refractivity contribution is 0.289. The Morgan fingerprint density at radius 2 is 1.67 bits per heavy atom. The van der Waals surface area contributed by atoms with Gasteiger partial charge in [0.1, 0.15) is 0 Å². The maximum Gasteiger partial charge on any atom is 0.0524 e. The Morgan fingerprint density at radius 3 is 2.44 bits per heavy atom. The van der Waals surface area contributed by atoms with Crippen LogP contribution in [-0.2, 0) is 0 Å². The summed E-state index contributed by atoms with van der Waals surface area (Å²) in [4.78, 5) is 0. The summed E-state index contributed by atoms with van der Waals surface area (Å²) in [6, 6.07) is 0. The fraction of sp³-hybridized carbons (Fsp3) is 0.882. The van der Waals surface area contributed by atoms with E-state index >= 15 is 0 Å². The van der Waals surface area contributed by atoms with Gasteiger partial charge in [0.05, 0.1) is 8.07 Å². The van der Waals surface area contributed by atoms with E-state index in [-0.39, 0.29) is 0 Å². The van der Waals surface area contributed by atoms with Gasteiger partial charge in [0.2, 0.25) is 0 Å². The molecule has 0 amide bonds. The Balaban J connectivity index is 1.81. The summed E-state index contributed by atoms with van der Waals surface area (Å²) < 4.78 is 0. The molecule has 0 aromatic heterocycles. The fourth-order valence-electron chi connectivity index (χ4n) is 7.21. The van der Waals surface area contributed by atoms with E-state index in [9.17, 15) is 0 Å². The summed E-state index contributed by atoms with van der Waals surface area (Å²) in [5.41, 5.74) is 0.803. The van der Waals surface area contributed by atoms with Crippen LogP contribution in [0.5, 0.6) is 0 Å². The molecule has 18 heavy (non-hydrogen) atoms. The van der Waals surface area contributed by atoms with Crippen LogP contribution in [0.25, 0.3) is 0 Å². The third kappa shape index (κ3) is 1.03. The minimum Gasteiger partial charge on any atom is -0.0848 e. The number of hydrogen-bond acceptors (Lipinski definition) is 0. The molecule has 0 aromatic rings. The number of fused-ring (bicyclic) bond motifs is 4. The van der Waals surface area contributed by atoms with E-state index in [1.54, 1.807) is 12.8 Å². The molecular formula is C17H28Si. The zero-order chi connectivity index (χ0) is 12.6. The van der Waals surface area contributed by atoms with Crippen molar-refractivity contribution in [1.29, 1.82) is 0 Å². The van der Waals surface area contributed by atoms with Crippen LogP contribution in [0.15, 0.2) is 12.2 Å². The highest BCUT2D eigenvalue weighted by Gasteiger charge is 2.86. The molecule has 3 saturated carbocycles. The minimum atomic E-state index is -1.06. The van der Waals surface area contributed by atoms with E-state index in [1.807, 2.05) is 0 Å². The zero-order valence-electron chi connectivity index (χ0n) is 12.3. The highest BCUT2D eigenvalue weighted by atomic mass is 28.3. The molecule has 100 valence electrons. The summed E-state index contributed by atoms with van der Waals surface area (Å²) in [5, 5.41) is 0.823. The zero-order valence-corrected chi connectivity index (χ0v) is 13.3. The van der Waals surface area contributed by atoms with Crippen LogP contribution in [0.2, 0.25) is 24.7 Å². The largest absolute Gasteiger partial charge is 0.0848 e. The molecule has 0 radical (unpaired) electrons. The predicted molar refractivity (Wildman–Crippen MR) is 80.4 cm³/mol. The van der Waals surface area contributed by atoms with Crippen LogP contribution < -0.4 is 0 Å². The maximum absolute atomic E-state index is 2.67. The van der Waals surface area contributed by atoms with Crippen molar-refractivity contribution < 1.29 is 0 Å². The van der Waals surface area contributed by atoms with E-state index < -0.39 is 8.07 Å². The molecule has 4 rings (SSSR count). The SMILES string of the molecule is C[Si](C)(C)[C@@]12[C@@H]3C=C[C@@H](C3)[C@@]13CCCCCC[C@H]32. The van der Waals surface area contributed by atoms with Gasteiger partial charge in [-0.05, 0) is 47.5 Å². The van der Waals surface area contributed by atoms with Crippen LogP contribution in [-0.4, -0.2) is 8.07 Å². The second-order valence-corrected chi connectivity index (χ2v) is 13.8. The molecule has 1 heteroatoms. The maximum atomic E-state index is 2.67. The molecule has 1 spiro atoms. The van der Waals surface area contributed by atoms with Gasteiger partial charge in [0.15, 0.2) is 0 Å². The van der Waals surface area contributed by atoms with Crippen LogP contribution in [0.1, 0.15) is 44.9 Å². The number of rotatable bonds is 1. The standard InChI is InChI=1S/C17H28Si/c1-18(2,3)17-14-10-9-13(12-14)16(17)11-7-5-4-6-8-15(16)17/h9-10,13-15H,4-8,11-12H2,1-3H3/t13-,14+,15+,16+,17+/m0/s1. The predicted octanol–water partition coefficient (Wildman–Crippen LogP) is 5.24. The molecule has 0 unspecified atom stereocenters. The molecule has 0 heterocycles. The first kappa shape index (κ1) is 11.8. The molecule has 0 saturated heterocycles. The molecule has 0 nitrogen and oxygen atoms in total. The lowest BCUT2D eigenvalue weighted by atomic mass is 9.81. The quantitative estimate of drug-likeness (QED) is 0.447. The van der Waals surface area contributed by atoms with Gasteiger partial charge in [0.25, 0.3) is 0 Å². The van der Waals surface area contributed by atoms with Gasteiger partial charge in [-0.25, -0.2) is 0 Å². The summed E-state index contributed by atoms with van der Waals surface area (Å²) in [7, 11) is -1.06. The third-order valence-corrected chi connectivity index (χ3v) is 10.9. The first-order chi connectivity index (χ1) is 8.55. The molecule has 0 aromatic carbocycles. The second-order valence-electron chi connectivity index (χ2n) is 8.50. The van der Waals surface area contributed by atoms with E-state index in [4.69, 9.17) is 0 Å². The molecule has 3 fully saturated rings. The van der Waals surface area contributed by atoms with Crippen LogP contribution in [0.3, 0.4) is 0 Å². The van der Waals surface area contributed by atoms with Crippen LogP contribution >= 0.6 is 0 Å². The highest BCUT2D eigenvalue weighted by Crippen LogP contribution is 2.94. The van der Waals surface area contributed by atoms with Crippen molar-refractivity contribution in [1.82, 2.24) is 0 Å². The minimum absolute atomic E-state index is 0.803. The van der Waals surface area contributed by atoms with E-state index in [1.165, 1.54) is 32.1 Å². The molecule has 4 aliphatic carbocycles. The summed E-state index contributed by atoms with van der Waals surface area (Å²) in [6.45, 7) is 8.02. The Labute approximate surface area is 113 Å². The van der Waals surface area contributed by atoms with Gasteiger partial charge in [-0.15, -0.1) is 0 Å². The van der Waals surface area contributed by atoms with Crippen molar-refractivity contribution in [3.63, 3.8) is 0 Å². The van der Waals surface area contributed by atoms with E-state index in [2.05, 4.69) is 31.8 Å². The third-order valence-electron chi connectivity index (χ3n) is 7.26. The molecule has 2 bridgehead atoms. The number of allylic oxidation sites excluding steroid dienone is 2. The van der Waals surface area contributed by atoms with Gasteiger partial charge >= 0.3 is 0 Å². The van der Waals surface area contributed by atoms with E-state index in [0.29, 0.717) is 0 Å². The Bertz CT molecular complexity index is 404. The van der Waals surface area contributed by atoms with Crippen molar-refractivity contribution in [2.45, 2.75) is 69.6 Å². The van der Waals surface area contributed by atoms with Gasteiger partial charge in [0, 0.05) is 0 Å². The second kappa shape index (κ2) is 3.34. The molecule has 5 atom stereocenters. The average molecular weight is 260 g/mol. The lowest BCUT2D eigenvalue weighted by Gasteiger charge is -2.37. The van der Waals surface area contributed by atoms with E-state index in [0.717, 1.165) is 28.2 Å². The Kier molecular flexibility index (Phi) is 2.18. The van der Waals surface area contributed by atoms with Gasteiger partial charge < -0.3 is 0 Å². The topological polar surface area (TPSA) is 0 Å². The number of hydrogen-bond donors (Lipinski definition) is 0. The van der Waals surface area contributed by atoms with Crippen LogP contribution in [0, 0.1) is 23.2 Å².